The molecule has 1 N–H and O–H groups in total. The zero-order chi connectivity index (χ0) is 14.7. The number of carbonyl (C=O) groups is 1. The van der Waals surface area contributed by atoms with Crippen molar-refractivity contribution in [3.8, 4) is 5.75 Å². The maximum absolute atomic E-state index is 12.1. The van der Waals surface area contributed by atoms with Crippen molar-refractivity contribution in [2.24, 2.45) is 0 Å². The van der Waals surface area contributed by atoms with Crippen molar-refractivity contribution in [2.75, 3.05) is 33.4 Å². The highest BCUT2D eigenvalue weighted by molar-refractivity contribution is 5.94. The van der Waals surface area contributed by atoms with E-state index in [2.05, 4.69) is 10.2 Å². The van der Waals surface area contributed by atoms with E-state index in [0.717, 1.165) is 25.4 Å². The van der Waals surface area contributed by atoms with Gasteiger partial charge >= 0.3 is 0 Å². The van der Waals surface area contributed by atoms with E-state index < -0.39 is 0 Å². The molecule has 0 spiro atoms. The molecule has 1 aromatic carbocycles. The maximum atomic E-state index is 12.1. The number of nitrogens with one attached hydrogen (secondary N) is 1. The molecule has 2 saturated heterocycles. The summed E-state index contributed by atoms with van der Waals surface area (Å²) in [4.78, 5) is 14.6. The Balaban J connectivity index is 1.49. The third-order valence-electron chi connectivity index (χ3n) is 4.30. The van der Waals surface area contributed by atoms with Crippen LogP contribution in [-0.4, -0.2) is 56.3 Å². The van der Waals surface area contributed by atoms with Gasteiger partial charge in [0.2, 0.25) is 0 Å². The predicted molar refractivity (Wildman–Crippen MR) is 79.7 cm³/mol. The van der Waals surface area contributed by atoms with Gasteiger partial charge in [-0.15, -0.1) is 0 Å². The zero-order valence-electron chi connectivity index (χ0n) is 12.4. The fourth-order valence-electron chi connectivity index (χ4n) is 3.06. The van der Waals surface area contributed by atoms with Crippen molar-refractivity contribution in [3.05, 3.63) is 29.8 Å². The van der Waals surface area contributed by atoms with Crippen LogP contribution in [0.15, 0.2) is 24.3 Å². The van der Waals surface area contributed by atoms with Crippen molar-refractivity contribution in [1.29, 1.82) is 0 Å². The summed E-state index contributed by atoms with van der Waals surface area (Å²) in [5, 5.41) is 2.95. The van der Waals surface area contributed by atoms with Crippen LogP contribution < -0.4 is 10.1 Å². The largest absolute Gasteiger partial charge is 0.497 e. The molecule has 1 aromatic rings. The van der Waals surface area contributed by atoms with E-state index in [1.807, 2.05) is 0 Å². The number of nitrogens with zero attached hydrogens (tertiary/aromatic N) is 1. The van der Waals surface area contributed by atoms with Gasteiger partial charge in [-0.3, -0.25) is 9.69 Å². The molecule has 1 amide bonds. The van der Waals surface area contributed by atoms with Gasteiger partial charge in [0, 0.05) is 24.7 Å². The summed E-state index contributed by atoms with van der Waals surface area (Å²) in [6, 6.07) is 7.72. The summed E-state index contributed by atoms with van der Waals surface area (Å²) in [5.41, 5.74) is 0.644. The van der Waals surface area contributed by atoms with E-state index in [4.69, 9.17) is 9.47 Å². The topological polar surface area (TPSA) is 50.8 Å². The van der Waals surface area contributed by atoms with Gasteiger partial charge in [-0.25, -0.2) is 0 Å². The number of ether oxygens (including phenoxy) is 2. The number of hydrogen-bond acceptors (Lipinski definition) is 4. The summed E-state index contributed by atoms with van der Waals surface area (Å²) in [7, 11) is 1.61. The molecule has 2 fully saturated rings. The van der Waals surface area contributed by atoms with Gasteiger partial charge in [-0.1, -0.05) is 0 Å². The first kappa shape index (κ1) is 14.4. The Morgan fingerprint density at radius 3 is 3.00 bits per heavy atom. The quantitative estimate of drug-likeness (QED) is 0.908. The second-order valence-corrected chi connectivity index (χ2v) is 5.68. The normalized spacial score (nSPS) is 25.4. The van der Waals surface area contributed by atoms with Crippen LogP contribution in [0.3, 0.4) is 0 Å². The minimum absolute atomic E-state index is 0.0650. The fraction of sp³-hybridized carbons (Fsp3) is 0.562. The highest BCUT2D eigenvalue weighted by Gasteiger charge is 2.32. The van der Waals surface area contributed by atoms with Crippen LogP contribution in [0.25, 0.3) is 0 Å². The van der Waals surface area contributed by atoms with Crippen LogP contribution in [0.2, 0.25) is 0 Å². The molecule has 0 radical (unpaired) electrons. The molecule has 0 aromatic heterocycles. The van der Waals surface area contributed by atoms with E-state index in [0.29, 0.717) is 18.2 Å². The van der Waals surface area contributed by atoms with Crippen LogP contribution >= 0.6 is 0 Å². The molecular formula is C16H22N2O3. The Morgan fingerprint density at radius 1 is 1.43 bits per heavy atom. The standard InChI is InChI=1S/C16H22N2O3/c1-20-14-6-4-12(5-7-14)16(19)17-9-15-10-18-8-2-3-13(18)11-21-15/h4-7,13,15H,2-3,8-11H2,1H3,(H,17,19). The summed E-state index contributed by atoms with van der Waals surface area (Å²) in [6.07, 6.45) is 2.60. The first-order valence-electron chi connectivity index (χ1n) is 7.54. The molecule has 5 heteroatoms. The van der Waals surface area contributed by atoms with E-state index >= 15 is 0 Å². The van der Waals surface area contributed by atoms with Crippen LogP contribution in [0.1, 0.15) is 23.2 Å². The second kappa shape index (κ2) is 6.45. The smallest absolute Gasteiger partial charge is 0.251 e. The van der Waals surface area contributed by atoms with Crippen LogP contribution in [-0.2, 0) is 4.74 Å². The first-order valence-corrected chi connectivity index (χ1v) is 7.54. The Hall–Kier alpha value is -1.59. The average Bonchev–Trinajstić information content (AvgIpc) is 3.00. The molecule has 2 heterocycles. The number of hydrogen-bond donors (Lipinski definition) is 1. The summed E-state index contributed by atoms with van der Waals surface area (Å²) in [5.74, 6) is 0.687. The molecule has 2 atom stereocenters. The number of fused-ring (bicyclic) bond motifs is 1. The Kier molecular flexibility index (Phi) is 4.41. The van der Waals surface area contributed by atoms with Gasteiger partial charge in [0.05, 0.1) is 19.8 Å². The summed E-state index contributed by atoms with van der Waals surface area (Å²) in [6.45, 7) is 3.45. The third kappa shape index (κ3) is 3.36. The van der Waals surface area contributed by atoms with E-state index in [1.165, 1.54) is 12.8 Å². The molecule has 2 aliphatic rings. The lowest BCUT2D eigenvalue weighted by Crippen LogP contribution is -2.50. The molecule has 0 bridgehead atoms. The van der Waals surface area contributed by atoms with Crippen molar-refractivity contribution in [3.63, 3.8) is 0 Å². The molecule has 21 heavy (non-hydrogen) atoms. The fourth-order valence-corrected chi connectivity index (χ4v) is 3.06. The molecule has 114 valence electrons. The molecule has 2 aliphatic heterocycles. The predicted octanol–water partition coefficient (Wildman–Crippen LogP) is 1.29. The van der Waals surface area contributed by atoms with Gasteiger partial charge in [0.25, 0.3) is 5.91 Å². The van der Waals surface area contributed by atoms with Crippen molar-refractivity contribution in [1.82, 2.24) is 10.2 Å². The molecule has 0 aliphatic carbocycles. The Bertz CT molecular complexity index is 489. The maximum Gasteiger partial charge on any atom is 0.251 e. The highest BCUT2D eigenvalue weighted by atomic mass is 16.5. The summed E-state index contributed by atoms with van der Waals surface area (Å²) < 4.78 is 10.9. The molecule has 3 rings (SSSR count). The van der Waals surface area contributed by atoms with Gasteiger partial charge in [0.15, 0.2) is 0 Å². The van der Waals surface area contributed by atoms with Crippen LogP contribution in [0, 0.1) is 0 Å². The van der Waals surface area contributed by atoms with E-state index in [-0.39, 0.29) is 12.0 Å². The van der Waals surface area contributed by atoms with Gasteiger partial charge < -0.3 is 14.8 Å². The SMILES string of the molecule is COc1ccc(C(=O)NCC2CN3CCCC3CO2)cc1. The number of carbonyl (C=O) groups excluding carboxylic acids is 1. The monoisotopic (exact) mass is 290 g/mol. The summed E-state index contributed by atoms with van der Waals surface area (Å²) >= 11 is 0. The number of benzene rings is 1. The highest BCUT2D eigenvalue weighted by Crippen LogP contribution is 2.22. The lowest BCUT2D eigenvalue weighted by atomic mass is 10.1. The lowest BCUT2D eigenvalue weighted by molar-refractivity contribution is -0.0461. The van der Waals surface area contributed by atoms with Crippen molar-refractivity contribution >= 4 is 5.91 Å². The number of morpholine rings is 1. The van der Waals surface area contributed by atoms with Crippen molar-refractivity contribution < 1.29 is 14.3 Å². The first-order chi connectivity index (χ1) is 10.3. The lowest BCUT2D eigenvalue weighted by Gasteiger charge is -2.35. The Labute approximate surface area is 125 Å². The molecule has 2 unspecified atom stereocenters. The second-order valence-electron chi connectivity index (χ2n) is 5.68. The third-order valence-corrected chi connectivity index (χ3v) is 4.30. The van der Waals surface area contributed by atoms with E-state index in [1.54, 1.807) is 31.4 Å². The minimum Gasteiger partial charge on any atom is -0.497 e. The molecule has 5 nitrogen and oxygen atoms in total. The van der Waals surface area contributed by atoms with Gasteiger partial charge in [0.1, 0.15) is 5.75 Å². The minimum atomic E-state index is -0.0650. The van der Waals surface area contributed by atoms with E-state index in [9.17, 15) is 4.79 Å². The van der Waals surface area contributed by atoms with Gasteiger partial charge in [-0.05, 0) is 43.7 Å². The zero-order valence-corrected chi connectivity index (χ0v) is 12.4. The molecular weight excluding hydrogens is 268 g/mol. The van der Waals surface area contributed by atoms with Crippen LogP contribution in [0.5, 0.6) is 5.75 Å². The van der Waals surface area contributed by atoms with Gasteiger partial charge in [-0.2, -0.15) is 0 Å². The Morgan fingerprint density at radius 2 is 2.24 bits per heavy atom. The average molecular weight is 290 g/mol. The number of methoxy groups -OCH3 is 1. The number of rotatable bonds is 4. The van der Waals surface area contributed by atoms with Crippen LogP contribution in [0.4, 0.5) is 0 Å². The van der Waals surface area contributed by atoms with Crippen molar-refractivity contribution in [2.45, 2.75) is 25.0 Å². The molecule has 0 saturated carbocycles. The number of amides is 1.